The number of rotatable bonds is 6. The minimum Gasteiger partial charge on any atom is -0.453 e. The summed E-state index contributed by atoms with van der Waals surface area (Å²) in [5.74, 6) is -1.48. The van der Waals surface area contributed by atoms with Gasteiger partial charge >= 0.3 is 10.2 Å². The van der Waals surface area contributed by atoms with E-state index in [-0.39, 0.29) is 29.9 Å². The lowest BCUT2D eigenvalue weighted by atomic mass is 10.1. The first-order chi connectivity index (χ1) is 15.2. The van der Waals surface area contributed by atoms with Gasteiger partial charge < -0.3 is 9.57 Å². The van der Waals surface area contributed by atoms with E-state index in [0.29, 0.717) is 5.52 Å². The number of anilines is 1. The number of nitriles is 1. The second kappa shape index (κ2) is 8.06. The zero-order valence-electron chi connectivity index (χ0n) is 16.4. The number of hydrogen-bond donors (Lipinski definition) is 1. The van der Waals surface area contributed by atoms with E-state index in [4.69, 9.17) is 9.57 Å². The molecule has 2 heterocycles. The van der Waals surface area contributed by atoms with Gasteiger partial charge in [0.05, 0.1) is 16.6 Å². The fraction of sp³-hybridized carbons (Fsp3) is 0.211. The fourth-order valence-electron chi connectivity index (χ4n) is 3.04. The van der Waals surface area contributed by atoms with Crippen molar-refractivity contribution in [3.8, 4) is 17.6 Å². The van der Waals surface area contributed by atoms with Crippen LogP contribution in [-0.2, 0) is 10.2 Å². The summed E-state index contributed by atoms with van der Waals surface area (Å²) in [6.07, 6.45) is -0.0727. The molecule has 0 spiro atoms. The molecule has 0 bridgehead atoms. The Labute approximate surface area is 180 Å². The molecule has 1 aliphatic heterocycles. The quantitative estimate of drug-likeness (QED) is 0.588. The van der Waals surface area contributed by atoms with E-state index in [9.17, 15) is 27.3 Å². The molecular weight excluding hydrogens is 448 g/mol. The molecule has 4 rings (SSSR count). The van der Waals surface area contributed by atoms with Gasteiger partial charge in [-0.1, -0.05) is 0 Å². The van der Waals surface area contributed by atoms with Gasteiger partial charge in [-0.25, -0.2) is 13.8 Å². The Kier molecular flexibility index (Phi) is 5.41. The maximum absolute atomic E-state index is 14.5. The Morgan fingerprint density at radius 1 is 1.28 bits per heavy atom. The third-order valence-corrected chi connectivity index (χ3v) is 6.18. The van der Waals surface area contributed by atoms with Gasteiger partial charge in [0, 0.05) is 13.1 Å². The minimum atomic E-state index is -4.14. The summed E-state index contributed by atoms with van der Waals surface area (Å²) in [7, 11) is -2.86. The Bertz CT molecular complexity index is 1410. The molecule has 0 amide bonds. The molecule has 0 aliphatic carbocycles. The molecule has 1 aliphatic rings. The van der Waals surface area contributed by atoms with E-state index in [1.807, 2.05) is 0 Å². The van der Waals surface area contributed by atoms with Crippen LogP contribution in [0.3, 0.4) is 0 Å². The highest BCUT2D eigenvalue weighted by atomic mass is 32.2. The van der Waals surface area contributed by atoms with Crippen LogP contribution in [0.1, 0.15) is 5.56 Å². The second-order valence-electron chi connectivity index (χ2n) is 6.77. The number of alkyl halides is 1. The fourth-order valence-corrected chi connectivity index (χ4v) is 4.33. The predicted octanol–water partition coefficient (Wildman–Crippen LogP) is 1.57. The van der Waals surface area contributed by atoms with Gasteiger partial charge in [-0.15, -0.1) is 4.73 Å². The Morgan fingerprint density at radius 3 is 2.69 bits per heavy atom. The molecule has 1 aromatic heterocycles. The highest BCUT2D eigenvalue weighted by Gasteiger charge is 2.36. The maximum atomic E-state index is 14.5. The average Bonchev–Trinajstić information content (AvgIpc) is 2.74. The van der Waals surface area contributed by atoms with Crippen LogP contribution in [-0.4, -0.2) is 48.8 Å². The third kappa shape index (κ3) is 3.81. The summed E-state index contributed by atoms with van der Waals surface area (Å²) in [6.45, 7) is -0.627. The van der Waals surface area contributed by atoms with Crippen LogP contribution in [0, 0.1) is 17.1 Å². The Hall–Kier alpha value is -3.76. The molecule has 3 aromatic rings. The zero-order valence-corrected chi connectivity index (χ0v) is 17.3. The summed E-state index contributed by atoms with van der Waals surface area (Å²) in [6, 6.07) is 7.85. The highest BCUT2D eigenvalue weighted by Crippen LogP contribution is 2.34. The summed E-state index contributed by atoms with van der Waals surface area (Å²) in [5.41, 5.74) is -0.869. The molecule has 166 valence electrons. The van der Waals surface area contributed by atoms with Crippen molar-refractivity contribution < 1.29 is 26.8 Å². The van der Waals surface area contributed by atoms with Crippen molar-refractivity contribution in [3.05, 3.63) is 58.4 Å². The van der Waals surface area contributed by atoms with Gasteiger partial charge in [-0.2, -0.15) is 18.0 Å². The largest absolute Gasteiger partial charge is 0.453 e. The standard InChI is InChI=1S/C19H15F2N5O5S/c1-30-26-10-23-16-4-2-12(6-13(16)19(26)27)31-18-14(7-22)17(5-3-15(18)21)24-32(28,29)25-8-11(20)9-25/h2-6,10-11,24H,8-9H2,1H3. The Balaban J connectivity index is 1.71. The number of fused-ring (bicyclic) bond motifs is 1. The predicted molar refractivity (Wildman–Crippen MR) is 109 cm³/mol. The smallest absolute Gasteiger partial charge is 0.301 e. The normalized spacial score (nSPS) is 14.6. The van der Waals surface area contributed by atoms with E-state index < -0.39 is 39.1 Å². The Morgan fingerprint density at radius 2 is 2.03 bits per heavy atom. The van der Waals surface area contributed by atoms with Gasteiger partial charge in [0.2, 0.25) is 0 Å². The van der Waals surface area contributed by atoms with Gasteiger partial charge in [0.25, 0.3) is 5.56 Å². The summed E-state index contributed by atoms with van der Waals surface area (Å²) < 4.78 is 61.7. The van der Waals surface area contributed by atoms with E-state index >= 15 is 0 Å². The van der Waals surface area contributed by atoms with Crippen LogP contribution in [0.15, 0.2) is 41.5 Å². The monoisotopic (exact) mass is 463 g/mol. The van der Waals surface area contributed by atoms with Gasteiger partial charge in [0.15, 0.2) is 11.6 Å². The second-order valence-corrected chi connectivity index (χ2v) is 8.44. The third-order valence-electron chi connectivity index (χ3n) is 4.72. The SMILES string of the molecule is COn1cnc2ccc(Oc3c(F)ccc(NS(=O)(=O)N4CC(F)C4)c3C#N)cc2c1=O. The van der Waals surface area contributed by atoms with Crippen molar-refractivity contribution in [1.29, 1.82) is 5.26 Å². The molecule has 1 saturated heterocycles. The summed E-state index contributed by atoms with van der Waals surface area (Å²) in [5, 5.41) is 9.66. The first-order valence-electron chi connectivity index (χ1n) is 9.12. The van der Waals surface area contributed by atoms with E-state index in [2.05, 4.69) is 9.71 Å². The highest BCUT2D eigenvalue weighted by molar-refractivity contribution is 7.90. The topological polar surface area (TPSA) is 127 Å². The minimum absolute atomic E-state index is 0.00340. The number of aromatic nitrogens is 2. The van der Waals surface area contributed by atoms with Gasteiger partial charge in [0.1, 0.15) is 37.0 Å². The number of hydrogen-bond acceptors (Lipinski definition) is 7. The van der Waals surface area contributed by atoms with Crippen molar-refractivity contribution in [2.45, 2.75) is 6.17 Å². The summed E-state index contributed by atoms with van der Waals surface area (Å²) in [4.78, 5) is 21.3. The molecule has 2 aromatic carbocycles. The van der Waals surface area contributed by atoms with Crippen molar-refractivity contribution in [2.24, 2.45) is 0 Å². The molecule has 1 N–H and O–H groups in total. The first-order valence-corrected chi connectivity index (χ1v) is 10.6. The molecule has 0 atom stereocenters. The lowest BCUT2D eigenvalue weighted by Crippen LogP contribution is -2.53. The van der Waals surface area contributed by atoms with E-state index in [1.165, 1.54) is 31.6 Å². The van der Waals surface area contributed by atoms with Crippen LogP contribution < -0.4 is 19.9 Å². The molecule has 13 heteroatoms. The molecular formula is C19H15F2N5O5S. The van der Waals surface area contributed by atoms with Crippen LogP contribution in [0.5, 0.6) is 11.5 Å². The van der Waals surface area contributed by atoms with Crippen LogP contribution >= 0.6 is 0 Å². The number of nitrogens with one attached hydrogen (secondary N) is 1. The lowest BCUT2D eigenvalue weighted by Gasteiger charge is -2.33. The van der Waals surface area contributed by atoms with Crippen LogP contribution in [0.2, 0.25) is 0 Å². The van der Waals surface area contributed by atoms with Crippen molar-refractivity contribution in [2.75, 3.05) is 24.9 Å². The molecule has 0 radical (unpaired) electrons. The van der Waals surface area contributed by atoms with Crippen molar-refractivity contribution >= 4 is 26.8 Å². The van der Waals surface area contributed by atoms with Gasteiger partial charge in [-0.3, -0.25) is 9.52 Å². The van der Waals surface area contributed by atoms with E-state index in [1.54, 1.807) is 6.07 Å². The number of halogens is 2. The average molecular weight is 463 g/mol. The van der Waals surface area contributed by atoms with Gasteiger partial charge in [-0.05, 0) is 30.3 Å². The number of benzene rings is 2. The molecule has 32 heavy (non-hydrogen) atoms. The first kappa shape index (κ1) is 21.5. The number of nitrogens with zero attached hydrogens (tertiary/aromatic N) is 4. The summed E-state index contributed by atoms with van der Waals surface area (Å²) >= 11 is 0. The number of ether oxygens (including phenoxy) is 1. The van der Waals surface area contributed by atoms with Crippen molar-refractivity contribution in [3.63, 3.8) is 0 Å². The molecule has 0 unspecified atom stereocenters. The molecule has 0 saturated carbocycles. The van der Waals surface area contributed by atoms with Crippen molar-refractivity contribution in [1.82, 2.24) is 14.0 Å². The maximum Gasteiger partial charge on any atom is 0.301 e. The van der Waals surface area contributed by atoms with Crippen LogP contribution in [0.25, 0.3) is 10.9 Å². The molecule has 10 nitrogen and oxygen atoms in total. The van der Waals surface area contributed by atoms with E-state index in [0.717, 1.165) is 21.2 Å². The zero-order chi connectivity index (χ0) is 23.0. The van der Waals surface area contributed by atoms with Crippen LogP contribution in [0.4, 0.5) is 14.5 Å². The lowest BCUT2D eigenvalue weighted by molar-refractivity contribution is 0.142. The molecule has 1 fully saturated rings.